The molecule has 0 radical (unpaired) electrons. The summed E-state index contributed by atoms with van der Waals surface area (Å²) < 4.78 is 6.13. The number of morpholine rings is 1. The maximum atomic E-state index is 11.1. The van der Waals surface area contributed by atoms with E-state index < -0.39 is 5.97 Å². The molecule has 7 heteroatoms. The van der Waals surface area contributed by atoms with Crippen LogP contribution in [0.2, 0.25) is 0 Å². The summed E-state index contributed by atoms with van der Waals surface area (Å²) in [5, 5.41) is 18.5. The second-order valence-corrected chi connectivity index (χ2v) is 7.74. The molecule has 6 nitrogen and oxygen atoms in total. The summed E-state index contributed by atoms with van der Waals surface area (Å²) in [6, 6.07) is 4.12. The molecular weight excluding hydrogens is 326 g/mol. The summed E-state index contributed by atoms with van der Waals surface area (Å²) in [6.45, 7) is 2.30. The van der Waals surface area contributed by atoms with Crippen molar-refractivity contribution >= 4 is 17.3 Å². The van der Waals surface area contributed by atoms with Gasteiger partial charge < -0.3 is 9.84 Å². The Morgan fingerprint density at radius 2 is 2.42 bits per heavy atom. The number of carboxylic acids is 1. The minimum absolute atomic E-state index is 0.0709. The van der Waals surface area contributed by atoms with E-state index in [4.69, 9.17) is 9.84 Å². The van der Waals surface area contributed by atoms with E-state index in [1.165, 1.54) is 11.3 Å². The Morgan fingerprint density at radius 3 is 3.08 bits per heavy atom. The number of carbonyl (C=O) groups is 1. The van der Waals surface area contributed by atoms with Gasteiger partial charge in [-0.1, -0.05) is 6.07 Å². The number of hydrogen-bond acceptors (Lipinski definition) is 5. The number of hydrogen-bond donors (Lipinski definition) is 2. The molecule has 2 aliphatic rings. The standard InChI is InChI=1S/C17H21N3O3S/c21-15(22)7-13-10-20(11-17(23-13)4-2-5-17)9-12-8-18-19-16(12)14-3-1-6-24-14/h1,3,6,8,13H,2,4-5,7,9-11H2,(H,18,19)(H,21,22). The Kier molecular flexibility index (Phi) is 4.15. The van der Waals surface area contributed by atoms with E-state index in [0.29, 0.717) is 6.54 Å². The van der Waals surface area contributed by atoms with E-state index in [-0.39, 0.29) is 18.1 Å². The van der Waals surface area contributed by atoms with Gasteiger partial charge >= 0.3 is 5.97 Å². The molecule has 0 bridgehead atoms. The first-order valence-electron chi connectivity index (χ1n) is 8.32. The van der Waals surface area contributed by atoms with Crippen LogP contribution in [0.15, 0.2) is 23.7 Å². The number of rotatable bonds is 5. The average Bonchev–Trinajstić information content (AvgIpc) is 3.15. The van der Waals surface area contributed by atoms with Crippen molar-refractivity contribution in [2.45, 2.75) is 43.9 Å². The highest BCUT2D eigenvalue weighted by molar-refractivity contribution is 7.13. The normalized spacial score (nSPS) is 23.2. The fraction of sp³-hybridized carbons (Fsp3) is 0.529. The molecule has 2 aromatic rings. The lowest BCUT2D eigenvalue weighted by molar-refractivity contribution is -0.196. The predicted molar refractivity (Wildman–Crippen MR) is 90.9 cm³/mol. The van der Waals surface area contributed by atoms with E-state index in [9.17, 15) is 4.79 Å². The van der Waals surface area contributed by atoms with Gasteiger partial charge in [0.25, 0.3) is 0 Å². The third kappa shape index (κ3) is 3.11. The van der Waals surface area contributed by atoms with E-state index in [0.717, 1.165) is 37.2 Å². The van der Waals surface area contributed by atoms with Crippen LogP contribution in [0, 0.1) is 0 Å². The van der Waals surface area contributed by atoms with Gasteiger partial charge in [0.2, 0.25) is 0 Å². The molecule has 1 unspecified atom stereocenters. The van der Waals surface area contributed by atoms with Gasteiger partial charge in [0.05, 0.1) is 34.9 Å². The number of aromatic nitrogens is 2. The summed E-state index contributed by atoms with van der Waals surface area (Å²) in [7, 11) is 0. The van der Waals surface area contributed by atoms with Crippen LogP contribution < -0.4 is 0 Å². The zero-order valence-corrected chi connectivity index (χ0v) is 14.2. The molecular formula is C17H21N3O3S. The minimum Gasteiger partial charge on any atom is -0.481 e. The lowest BCUT2D eigenvalue weighted by Gasteiger charge is -2.51. The van der Waals surface area contributed by atoms with Gasteiger partial charge in [-0.25, -0.2) is 0 Å². The van der Waals surface area contributed by atoms with Gasteiger partial charge in [0, 0.05) is 25.2 Å². The SMILES string of the molecule is O=C(O)CC1CN(Cc2cn[nH]c2-c2cccs2)CC2(CCC2)O1. The fourth-order valence-corrected chi connectivity index (χ4v) is 4.52. The molecule has 24 heavy (non-hydrogen) atoms. The van der Waals surface area contributed by atoms with Gasteiger partial charge in [0.1, 0.15) is 0 Å². The molecule has 4 rings (SSSR count). The molecule has 1 aliphatic carbocycles. The van der Waals surface area contributed by atoms with Gasteiger partial charge in [-0.15, -0.1) is 11.3 Å². The van der Waals surface area contributed by atoms with E-state index in [2.05, 4.69) is 26.5 Å². The number of thiophene rings is 1. The van der Waals surface area contributed by atoms with E-state index in [1.807, 2.05) is 12.3 Å². The lowest BCUT2D eigenvalue weighted by atomic mass is 9.78. The predicted octanol–water partition coefficient (Wildman–Crippen LogP) is 2.74. The van der Waals surface area contributed by atoms with Crippen LogP contribution in [0.3, 0.4) is 0 Å². The number of aliphatic carboxylic acids is 1. The second kappa shape index (κ2) is 6.31. The zero-order chi connectivity index (χ0) is 16.6. The van der Waals surface area contributed by atoms with Crippen LogP contribution in [0.4, 0.5) is 0 Å². The molecule has 1 spiro atoms. The van der Waals surface area contributed by atoms with Crippen molar-refractivity contribution in [2.24, 2.45) is 0 Å². The van der Waals surface area contributed by atoms with Crippen LogP contribution in [0.1, 0.15) is 31.2 Å². The first-order chi connectivity index (χ1) is 11.6. The Balaban J connectivity index is 1.51. The molecule has 128 valence electrons. The van der Waals surface area contributed by atoms with Gasteiger partial charge in [-0.05, 0) is 30.7 Å². The van der Waals surface area contributed by atoms with Crippen LogP contribution in [-0.2, 0) is 16.1 Å². The highest BCUT2D eigenvalue weighted by Gasteiger charge is 2.45. The van der Waals surface area contributed by atoms with Crippen LogP contribution in [-0.4, -0.2) is 51.0 Å². The smallest absolute Gasteiger partial charge is 0.306 e. The highest BCUT2D eigenvalue weighted by atomic mass is 32.1. The topological polar surface area (TPSA) is 78.5 Å². The molecule has 2 N–H and O–H groups in total. The number of ether oxygens (including phenoxy) is 1. The summed E-state index contributed by atoms with van der Waals surface area (Å²) in [5.41, 5.74) is 2.09. The van der Waals surface area contributed by atoms with Crippen molar-refractivity contribution in [1.82, 2.24) is 15.1 Å². The van der Waals surface area contributed by atoms with Gasteiger partial charge in [-0.3, -0.25) is 14.8 Å². The fourth-order valence-electron chi connectivity index (χ4n) is 3.76. The Bertz CT molecular complexity index is 708. The summed E-state index contributed by atoms with van der Waals surface area (Å²) >= 11 is 1.69. The van der Waals surface area contributed by atoms with Crippen molar-refractivity contribution in [2.75, 3.05) is 13.1 Å². The quantitative estimate of drug-likeness (QED) is 0.869. The molecule has 0 aromatic carbocycles. The van der Waals surface area contributed by atoms with Crippen molar-refractivity contribution < 1.29 is 14.6 Å². The van der Waals surface area contributed by atoms with Crippen molar-refractivity contribution in [3.8, 4) is 10.6 Å². The van der Waals surface area contributed by atoms with E-state index >= 15 is 0 Å². The van der Waals surface area contributed by atoms with Crippen LogP contribution in [0.5, 0.6) is 0 Å². The highest BCUT2D eigenvalue weighted by Crippen LogP contribution is 2.41. The maximum absolute atomic E-state index is 11.1. The Morgan fingerprint density at radius 1 is 1.54 bits per heavy atom. The minimum atomic E-state index is -0.793. The number of H-pyrrole nitrogens is 1. The Hall–Kier alpha value is -1.70. The molecule has 1 saturated carbocycles. The largest absolute Gasteiger partial charge is 0.481 e. The number of carboxylic acid groups (broad SMARTS) is 1. The summed E-state index contributed by atoms with van der Waals surface area (Å²) in [4.78, 5) is 14.6. The number of aromatic amines is 1. The van der Waals surface area contributed by atoms with Gasteiger partial charge in [0.15, 0.2) is 0 Å². The third-order valence-corrected chi connectivity index (χ3v) is 5.82. The molecule has 1 aliphatic heterocycles. The first-order valence-corrected chi connectivity index (χ1v) is 9.20. The van der Waals surface area contributed by atoms with E-state index in [1.54, 1.807) is 11.3 Å². The molecule has 1 atom stereocenters. The molecule has 3 heterocycles. The number of nitrogens with zero attached hydrogens (tertiary/aromatic N) is 2. The molecule has 0 amide bonds. The zero-order valence-electron chi connectivity index (χ0n) is 13.4. The first kappa shape index (κ1) is 15.8. The van der Waals surface area contributed by atoms with Crippen molar-refractivity contribution in [1.29, 1.82) is 0 Å². The Labute approximate surface area is 144 Å². The molecule has 2 aromatic heterocycles. The lowest BCUT2D eigenvalue weighted by Crippen LogP contribution is -2.58. The van der Waals surface area contributed by atoms with Crippen LogP contribution in [0.25, 0.3) is 10.6 Å². The maximum Gasteiger partial charge on any atom is 0.306 e. The number of nitrogens with one attached hydrogen (secondary N) is 1. The van der Waals surface area contributed by atoms with Crippen molar-refractivity contribution in [3.63, 3.8) is 0 Å². The second-order valence-electron chi connectivity index (χ2n) is 6.79. The average molecular weight is 347 g/mol. The summed E-state index contributed by atoms with van der Waals surface area (Å²) in [6.07, 6.45) is 4.95. The van der Waals surface area contributed by atoms with Crippen molar-refractivity contribution in [3.05, 3.63) is 29.3 Å². The molecule has 1 saturated heterocycles. The molecule has 2 fully saturated rings. The van der Waals surface area contributed by atoms with Gasteiger partial charge in [-0.2, -0.15) is 5.10 Å². The third-order valence-electron chi connectivity index (χ3n) is 4.94. The van der Waals surface area contributed by atoms with Crippen LogP contribution >= 0.6 is 11.3 Å². The summed E-state index contributed by atoms with van der Waals surface area (Å²) in [5.74, 6) is -0.793. The monoisotopic (exact) mass is 347 g/mol.